The maximum Gasteiger partial charge on any atom is 0.155 e. The lowest BCUT2D eigenvalue weighted by atomic mass is 10.0. The number of aromatic nitrogens is 5. The number of aromatic amines is 2. The molecule has 0 spiro atoms. The number of benzene rings is 1. The van der Waals surface area contributed by atoms with Crippen molar-refractivity contribution in [2.45, 2.75) is 6.42 Å². The quantitative estimate of drug-likeness (QED) is 0.343. The first-order valence-electron chi connectivity index (χ1n) is 10.4. The Kier molecular flexibility index (Phi) is 4.26. The number of phenols is 1. The molecule has 0 saturated carbocycles. The number of hydrogen-bond acceptors (Lipinski definition) is 5. The van der Waals surface area contributed by atoms with Crippen LogP contribution in [0.5, 0.6) is 5.75 Å². The minimum atomic E-state index is -0.496. The molecule has 0 saturated heterocycles. The van der Waals surface area contributed by atoms with E-state index in [0.717, 1.165) is 58.9 Å². The number of halogens is 1. The molecule has 0 fully saturated rings. The maximum atomic E-state index is 13.9. The Labute approximate surface area is 182 Å². The molecule has 1 aromatic carbocycles. The summed E-state index contributed by atoms with van der Waals surface area (Å²) in [6, 6.07) is 9.89. The summed E-state index contributed by atoms with van der Waals surface area (Å²) in [4.78, 5) is 12.3. The van der Waals surface area contributed by atoms with Gasteiger partial charge in [0, 0.05) is 35.8 Å². The van der Waals surface area contributed by atoms with Crippen molar-refractivity contribution in [3.8, 4) is 28.3 Å². The first-order valence-corrected chi connectivity index (χ1v) is 10.4. The Bertz CT molecular complexity index is 1500. The Morgan fingerprint density at radius 3 is 2.75 bits per heavy atom. The van der Waals surface area contributed by atoms with Crippen LogP contribution < -0.4 is 5.32 Å². The van der Waals surface area contributed by atoms with E-state index in [1.54, 1.807) is 12.3 Å². The molecule has 0 atom stereocenters. The minimum absolute atomic E-state index is 0.121. The summed E-state index contributed by atoms with van der Waals surface area (Å²) in [6.45, 7) is 1.81. The molecule has 4 N–H and O–H groups in total. The van der Waals surface area contributed by atoms with E-state index < -0.39 is 5.82 Å². The number of hydrogen-bond donors (Lipinski definition) is 4. The molecule has 5 aromatic rings. The summed E-state index contributed by atoms with van der Waals surface area (Å²) in [5.41, 5.74) is 6.60. The summed E-state index contributed by atoms with van der Waals surface area (Å²) < 4.78 is 13.9. The fraction of sp³-hybridized carbons (Fsp3) is 0.125. The highest BCUT2D eigenvalue weighted by Gasteiger charge is 2.17. The number of nitrogens with one attached hydrogen (secondary N) is 3. The molecule has 8 heteroatoms. The van der Waals surface area contributed by atoms with Crippen molar-refractivity contribution in [1.29, 1.82) is 0 Å². The van der Waals surface area contributed by atoms with Crippen molar-refractivity contribution < 1.29 is 9.50 Å². The second-order valence-electron chi connectivity index (χ2n) is 7.88. The van der Waals surface area contributed by atoms with Gasteiger partial charge in [-0.3, -0.25) is 5.10 Å². The summed E-state index contributed by atoms with van der Waals surface area (Å²) in [7, 11) is 0. The second kappa shape index (κ2) is 7.28. The topological polar surface area (TPSA) is 103 Å². The van der Waals surface area contributed by atoms with Gasteiger partial charge in [-0.2, -0.15) is 5.10 Å². The lowest BCUT2D eigenvalue weighted by Gasteiger charge is -2.13. The fourth-order valence-electron chi connectivity index (χ4n) is 4.30. The highest BCUT2D eigenvalue weighted by atomic mass is 19.1. The maximum absolute atomic E-state index is 13.9. The summed E-state index contributed by atoms with van der Waals surface area (Å²) in [5, 5.41) is 22.4. The van der Waals surface area contributed by atoms with E-state index in [2.05, 4.69) is 42.6 Å². The van der Waals surface area contributed by atoms with E-state index in [4.69, 9.17) is 0 Å². The highest BCUT2D eigenvalue weighted by Crippen LogP contribution is 2.35. The predicted octanol–water partition coefficient (Wildman–Crippen LogP) is 4.39. The molecule has 1 aliphatic rings. The van der Waals surface area contributed by atoms with Crippen molar-refractivity contribution in [2.24, 2.45) is 0 Å². The highest BCUT2D eigenvalue weighted by molar-refractivity contribution is 5.99. The Balaban J connectivity index is 1.49. The zero-order valence-corrected chi connectivity index (χ0v) is 17.0. The number of H-pyrrole nitrogens is 2. The average Bonchev–Trinajstić information content (AvgIpc) is 3.42. The molecule has 0 aliphatic carbocycles. The summed E-state index contributed by atoms with van der Waals surface area (Å²) in [5.74, 6) is -0.616. The third kappa shape index (κ3) is 3.12. The molecule has 5 heterocycles. The van der Waals surface area contributed by atoms with E-state index in [0.29, 0.717) is 16.9 Å². The zero-order valence-electron chi connectivity index (χ0n) is 17.0. The van der Waals surface area contributed by atoms with Gasteiger partial charge < -0.3 is 15.4 Å². The zero-order chi connectivity index (χ0) is 21.7. The van der Waals surface area contributed by atoms with Crippen LogP contribution in [-0.4, -0.2) is 43.3 Å². The molecular formula is C24H19FN6O. The summed E-state index contributed by atoms with van der Waals surface area (Å²) >= 11 is 0. The van der Waals surface area contributed by atoms with Gasteiger partial charge in [0.25, 0.3) is 0 Å². The SMILES string of the molecule is Oc1cc(F)cc(-c2ccnc3[nH]c(-c4n[nH]c5ncc(C6=CCNCC6)cc45)cc23)c1. The van der Waals surface area contributed by atoms with Crippen molar-refractivity contribution in [3.63, 3.8) is 0 Å². The van der Waals surface area contributed by atoms with Crippen LogP contribution in [-0.2, 0) is 0 Å². The molecule has 6 rings (SSSR count). The van der Waals surface area contributed by atoms with Crippen LogP contribution in [0.3, 0.4) is 0 Å². The van der Waals surface area contributed by atoms with E-state index in [1.165, 1.54) is 17.7 Å². The molecule has 1 aliphatic heterocycles. The predicted molar refractivity (Wildman–Crippen MR) is 121 cm³/mol. The smallest absolute Gasteiger partial charge is 0.155 e. The van der Waals surface area contributed by atoms with E-state index >= 15 is 0 Å². The molecule has 32 heavy (non-hydrogen) atoms. The molecule has 7 nitrogen and oxygen atoms in total. The minimum Gasteiger partial charge on any atom is -0.508 e. The van der Waals surface area contributed by atoms with Crippen LogP contribution >= 0.6 is 0 Å². The third-order valence-corrected chi connectivity index (χ3v) is 5.83. The van der Waals surface area contributed by atoms with Crippen LogP contribution in [0.2, 0.25) is 0 Å². The van der Waals surface area contributed by atoms with Crippen molar-refractivity contribution >= 4 is 27.6 Å². The number of fused-ring (bicyclic) bond motifs is 2. The monoisotopic (exact) mass is 426 g/mol. The van der Waals surface area contributed by atoms with E-state index in [9.17, 15) is 9.50 Å². The van der Waals surface area contributed by atoms with Gasteiger partial charge >= 0.3 is 0 Å². The Hall–Kier alpha value is -4.04. The van der Waals surface area contributed by atoms with Gasteiger partial charge in [0.2, 0.25) is 0 Å². The third-order valence-electron chi connectivity index (χ3n) is 5.83. The molecule has 4 aromatic heterocycles. The van der Waals surface area contributed by atoms with Gasteiger partial charge in [0.05, 0.1) is 5.69 Å². The standard InChI is InChI=1S/C24H19FN6O/c25-16-7-14(8-17(32)10-16)18-3-6-27-23-19(18)11-21(29-23)22-20-9-15(12-28-24(20)31-30-22)13-1-4-26-5-2-13/h1,3,6-12,26,32H,2,4-5H2,(H,27,29)(H,28,30,31). The first-order chi connectivity index (χ1) is 15.7. The largest absolute Gasteiger partial charge is 0.508 e. The van der Waals surface area contributed by atoms with Crippen LogP contribution in [0.1, 0.15) is 12.0 Å². The van der Waals surface area contributed by atoms with Gasteiger partial charge in [0.1, 0.15) is 22.9 Å². The van der Waals surface area contributed by atoms with Gasteiger partial charge in [-0.25, -0.2) is 14.4 Å². The van der Waals surface area contributed by atoms with E-state index in [1.807, 2.05) is 12.3 Å². The van der Waals surface area contributed by atoms with Gasteiger partial charge in [-0.1, -0.05) is 6.08 Å². The average molecular weight is 426 g/mol. The molecule has 0 unspecified atom stereocenters. The lowest BCUT2D eigenvalue weighted by molar-refractivity contribution is 0.469. The van der Waals surface area contributed by atoms with Crippen molar-refractivity contribution in [2.75, 3.05) is 13.1 Å². The van der Waals surface area contributed by atoms with Crippen molar-refractivity contribution in [1.82, 2.24) is 30.5 Å². The number of aromatic hydroxyl groups is 1. The number of rotatable bonds is 3. The van der Waals surface area contributed by atoms with Crippen LogP contribution in [0.15, 0.2) is 54.9 Å². The summed E-state index contributed by atoms with van der Waals surface area (Å²) in [6.07, 6.45) is 6.69. The number of nitrogens with zero attached hydrogens (tertiary/aromatic N) is 3. The normalized spacial score (nSPS) is 14.2. The molecule has 158 valence electrons. The van der Waals surface area contributed by atoms with Crippen molar-refractivity contribution in [3.05, 3.63) is 66.2 Å². The van der Waals surface area contributed by atoms with Crippen LogP contribution in [0, 0.1) is 5.82 Å². The number of phenolic OH excluding ortho intramolecular Hbond substituents is 1. The molecule has 0 amide bonds. The van der Waals surface area contributed by atoms with Gasteiger partial charge in [0.15, 0.2) is 5.65 Å². The molecular weight excluding hydrogens is 407 g/mol. The van der Waals surface area contributed by atoms with Crippen LogP contribution in [0.4, 0.5) is 4.39 Å². The second-order valence-corrected chi connectivity index (χ2v) is 7.88. The number of pyridine rings is 2. The Morgan fingerprint density at radius 1 is 0.969 bits per heavy atom. The molecule has 0 radical (unpaired) electrons. The van der Waals surface area contributed by atoms with E-state index in [-0.39, 0.29) is 5.75 Å². The van der Waals surface area contributed by atoms with Gasteiger partial charge in [-0.15, -0.1) is 0 Å². The van der Waals surface area contributed by atoms with Crippen LogP contribution in [0.25, 0.3) is 50.2 Å². The first kappa shape index (κ1) is 18.7. The fourth-order valence-corrected chi connectivity index (χ4v) is 4.30. The van der Waals surface area contributed by atoms with Gasteiger partial charge in [-0.05, 0) is 65.6 Å². The molecule has 0 bridgehead atoms. The Morgan fingerprint density at radius 2 is 1.91 bits per heavy atom. The lowest BCUT2D eigenvalue weighted by Crippen LogP contribution is -2.20.